The molecule has 88 valence electrons. The SMILES string of the molecule is CNc1cc(S(=O)(=O)c2ccccc2)ccn1. The number of nitrogens with zero attached hydrogens (tertiary/aromatic N) is 1. The van der Waals surface area contributed by atoms with Crippen molar-refractivity contribution in [3.05, 3.63) is 48.7 Å². The summed E-state index contributed by atoms with van der Waals surface area (Å²) in [5.41, 5.74) is 0. The normalized spacial score (nSPS) is 11.1. The monoisotopic (exact) mass is 248 g/mol. The van der Waals surface area contributed by atoms with Crippen molar-refractivity contribution >= 4 is 15.7 Å². The first kappa shape index (κ1) is 11.6. The molecule has 0 aliphatic heterocycles. The highest BCUT2D eigenvalue weighted by molar-refractivity contribution is 7.91. The Balaban J connectivity index is 2.52. The van der Waals surface area contributed by atoms with Crippen LogP contribution in [0.25, 0.3) is 0 Å². The molecule has 2 aromatic rings. The number of anilines is 1. The van der Waals surface area contributed by atoms with Gasteiger partial charge in [0.2, 0.25) is 9.84 Å². The fourth-order valence-electron chi connectivity index (χ4n) is 1.45. The van der Waals surface area contributed by atoms with Gasteiger partial charge in [-0.15, -0.1) is 0 Å². The molecule has 0 fully saturated rings. The van der Waals surface area contributed by atoms with Crippen LogP contribution in [0.1, 0.15) is 0 Å². The molecule has 5 heteroatoms. The molecule has 0 bridgehead atoms. The van der Waals surface area contributed by atoms with Gasteiger partial charge < -0.3 is 5.32 Å². The number of benzene rings is 1. The van der Waals surface area contributed by atoms with Crippen LogP contribution in [0.3, 0.4) is 0 Å². The van der Waals surface area contributed by atoms with E-state index < -0.39 is 9.84 Å². The molecule has 0 amide bonds. The number of aromatic nitrogens is 1. The van der Waals surface area contributed by atoms with Crippen molar-refractivity contribution in [1.82, 2.24) is 4.98 Å². The highest BCUT2D eigenvalue weighted by Crippen LogP contribution is 2.21. The van der Waals surface area contributed by atoms with Gasteiger partial charge in [-0.3, -0.25) is 0 Å². The van der Waals surface area contributed by atoms with E-state index in [1.807, 2.05) is 0 Å². The van der Waals surface area contributed by atoms with Crippen LogP contribution in [0.4, 0.5) is 5.82 Å². The fraction of sp³-hybridized carbons (Fsp3) is 0.0833. The molecule has 0 spiro atoms. The summed E-state index contributed by atoms with van der Waals surface area (Å²) >= 11 is 0. The molecule has 0 aliphatic carbocycles. The maximum absolute atomic E-state index is 12.2. The van der Waals surface area contributed by atoms with Crippen molar-refractivity contribution in [3.8, 4) is 0 Å². The highest BCUT2D eigenvalue weighted by atomic mass is 32.2. The number of nitrogens with one attached hydrogen (secondary N) is 1. The van der Waals surface area contributed by atoms with Gasteiger partial charge in [-0.05, 0) is 24.3 Å². The summed E-state index contributed by atoms with van der Waals surface area (Å²) in [7, 11) is -1.76. The van der Waals surface area contributed by atoms with E-state index in [1.54, 1.807) is 37.4 Å². The zero-order valence-electron chi connectivity index (χ0n) is 9.29. The minimum absolute atomic E-state index is 0.239. The van der Waals surface area contributed by atoms with Gasteiger partial charge in [0.15, 0.2) is 0 Å². The molecule has 1 aromatic heterocycles. The molecule has 4 nitrogen and oxygen atoms in total. The number of pyridine rings is 1. The standard InChI is InChI=1S/C12H12N2O2S/c1-13-12-9-11(7-8-14-12)17(15,16)10-5-3-2-4-6-10/h2-9H,1H3,(H,13,14). The maximum Gasteiger partial charge on any atom is 0.206 e. The van der Waals surface area contributed by atoms with Crippen molar-refractivity contribution in [2.75, 3.05) is 12.4 Å². The van der Waals surface area contributed by atoms with Gasteiger partial charge in [-0.1, -0.05) is 18.2 Å². The maximum atomic E-state index is 12.2. The van der Waals surface area contributed by atoms with Gasteiger partial charge in [0.1, 0.15) is 5.82 Å². The van der Waals surface area contributed by atoms with E-state index in [9.17, 15) is 8.42 Å². The van der Waals surface area contributed by atoms with E-state index in [0.717, 1.165) is 0 Å². The first-order valence-electron chi connectivity index (χ1n) is 5.08. The predicted molar refractivity (Wildman–Crippen MR) is 65.7 cm³/mol. The number of rotatable bonds is 3. The second-order valence-corrected chi connectivity index (χ2v) is 5.39. The first-order chi connectivity index (χ1) is 8.14. The summed E-state index contributed by atoms with van der Waals surface area (Å²) in [6.45, 7) is 0. The molecule has 0 saturated heterocycles. The average Bonchev–Trinajstić information content (AvgIpc) is 2.40. The molecule has 1 N–H and O–H groups in total. The van der Waals surface area contributed by atoms with E-state index in [0.29, 0.717) is 5.82 Å². The number of hydrogen-bond donors (Lipinski definition) is 1. The summed E-state index contributed by atoms with van der Waals surface area (Å²) in [5, 5.41) is 2.82. The highest BCUT2D eigenvalue weighted by Gasteiger charge is 2.17. The van der Waals surface area contributed by atoms with Crippen molar-refractivity contribution in [2.45, 2.75) is 9.79 Å². The van der Waals surface area contributed by atoms with Gasteiger partial charge in [-0.25, -0.2) is 13.4 Å². The Kier molecular flexibility index (Phi) is 3.10. The second kappa shape index (κ2) is 4.55. The Bertz CT molecular complexity index is 609. The summed E-state index contributed by atoms with van der Waals surface area (Å²) in [6, 6.07) is 11.3. The summed E-state index contributed by atoms with van der Waals surface area (Å²) in [5.74, 6) is 0.530. The molecular formula is C12H12N2O2S. The zero-order valence-corrected chi connectivity index (χ0v) is 10.1. The molecule has 0 radical (unpaired) electrons. The van der Waals surface area contributed by atoms with Crippen molar-refractivity contribution in [2.24, 2.45) is 0 Å². The van der Waals surface area contributed by atoms with Crippen LogP contribution in [0.2, 0.25) is 0 Å². The fourth-order valence-corrected chi connectivity index (χ4v) is 2.75. The Morgan fingerprint density at radius 2 is 1.76 bits per heavy atom. The molecular weight excluding hydrogens is 236 g/mol. The minimum atomic E-state index is -3.45. The number of sulfone groups is 1. The van der Waals surface area contributed by atoms with Crippen molar-refractivity contribution < 1.29 is 8.42 Å². The van der Waals surface area contributed by atoms with Crippen LogP contribution in [0, 0.1) is 0 Å². The molecule has 0 unspecified atom stereocenters. The Morgan fingerprint density at radius 3 is 2.41 bits per heavy atom. The van der Waals surface area contributed by atoms with Crippen LogP contribution in [-0.2, 0) is 9.84 Å². The minimum Gasteiger partial charge on any atom is -0.373 e. The van der Waals surface area contributed by atoms with Crippen molar-refractivity contribution in [1.29, 1.82) is 0 Å². The number of hydrogen-bond acceptors (Lipinski definition) is 4. The lowest BCUT2D eigenvalue weighted by molar-refractivity contribution is 0.596. The molecule has 2 rings (SSSR count). The zero-order chi connectivity index (χ0) is 12.3. The summed E-state index contributed by atoms with van der Waals surface area (Å²) in [6.07, 6.45) is 1.47. The van der Waals surface area contributed by atoms with Crippen LogP contribution >= 0.6 is 0 Å². The van der Waals surface area contributed by atoms with Gasteiger partial charge in [-0.2, -0.15) is 0 Å². The Labute approximate surface area is 100 Å². The van der Waals surface area contributed by atoms with Crippen LogP contribution < -0.4 is 5.32 Å². The second-order valence-electron chi connectivity index (χ2n) is 3.44. The summed E-state index contributed by atoms with van der Waals surface area (Å²) < 4.78 is 24.5. The quantitative estimate of drug-likeness (QED) is 0.902. The van der Waals surface area contributed by atoms with E-state index in [-0.39, 0.29) is 9.79 Å². The van der Waals surface area contributed by atoms with Crippen molar-refractivity contribution in [3.63, 3.8) is 0 Å². The topological polar surface area (TPSA) is 59.1 Å². The Hall–Kier alpha value is -1.88. The smallest absolute Gasteiger partial charge is 0.206 e. The van der Waals surface area contributed by atoms with Gasteiger partial charge in [0.05, 0.1) is 9.79 Å². The molecule has 0 saturated carbocycles. The molecule has 1 heterocycles. The van der Waals surface area contributed by atoms with E-state index in [2.05, 4.69) is 10.3 Å². The molecule has 17 heavy (non-hydrogen) atoms. The van der Waals surface area contributed by atoms with Crippen LogP contribution in [0.15, 0.2) is 58.5 Å². The van der Waals surface area contributed by atoms with Gasteiger partial charge >= 0.3 is 0 Å². The molecule has 1 aromatic carbocycles. The average molecular weight is 248 g/mol. The molecule has 0 aliphatic rings. The third kappa shape index (κ3) is 2.29. The van der Waals surface area contributed by atoms with E-state index in [1.165, 1.54) is 18.3 Å². The van der Waals surface area contributed by atoms with Crippen LogP contribution in [0.5, 0.6) is 0 Å². The van der Waals surface area contributed by atoms with E-state index >= 15 is 0 Å². The van der Waals surface area contributed by atoms with Gasteiger partial charge in [0.25, 0.3) is 0 Å². The molecule has 0 atom stereocenters. The Morgan fingerprint density at radius 1 is 1.06 bits per heavy atom. The first-order valence-corrected chi connectivity index (χ1v) is 6.57. The lowest BCUT2D eigenvalue weighted by Crippen LogP contribution is -2.03. The van der Waals surface area contributed by atoms with E-state index in [4.69, 9.17) is 0 Å². The van der Waals surface area contributed by atoms with Gasteiger partial charge in [0, 0.05) is 13.2 Å². The lowest BCUT2D eigenvalue weighted by Gasteiger charge is -2.05. The predicted octanol–water partition coefficient (Wildman–Crippen LogP) is 1.96. The third-order valence-corrected chi connectivity index (χ3v) is 4.12. The van der Waals surface area contributed by atoms with Crippen LogP contribution in [-0.4, -0.2) is 20.4 Å². The third-order valence-electron chi connectivity index (χ3n) is 2.35. The summed E-state index contributed by atoms with van der Waals surface area (Å²) in [4.78, 5) is 4.51. The largest absolute Gasteiger partial charge is 0.373 e. The lowest BCUT2D eigenvalue weighted by atomic mass is 10.4.